The lowest BCUT2D eigenvalue weighted by atomic mass is 10.0. The van der Waals surface area contributed by atoms with Gasteiger partial charge in [-0.3, -0.25) is 9.78 Å². The molecule has 2 aromatic rings. The third kappa shape index (κ3) is 3.91. The lowest BCUT2D eigenvalue weighted by Crippen LogP contribution is -2.12. The van der Waals surface area contributed by atoms with Gasteiger partial charge in [0.25, 0.3) is 5.91 Å². The van der Waals surface area contributed by atoms with Gasteiger partial charge in [-0.2, -0.15) is 0 Å². The number of nitrogens with one attached hydrogen (secondary N) is 1. The first-order valence-electron chi connectivity index (χ1n) is 6.54. The minimum atomic E-state index is -0.189. The molecule has 1 amide bonds. The zero-order valence-electron chi connectivity index (χ0n) is 12.0. The van der Waals surface area contributed by atoms with E-state index in [-0.39, 0.29) is 12.5 Å². The molecule has 0 aliphatic rings. The number of anilines is 1. The Kier molecular flexibility index (Phi) is 4.70. The van der Waals surface area contributed by atoms with Crippen molar-refractivity contribution < 1.29 is 9.90 Å². The van der Waals surface area contributed by atoms with Crippen LogP contribution in [0.4, 0.5) is 5.69 Å². The number of rotatable bonds is 2. The predicted octanol–water partition coefficient (Wildman–Crippen LogP) is 2.29. The highest BCUT2D eigenvalue weighted by atomic mass is 16.2. The first kappa shape index (κ1) is 14.8. The molecule has 0 saturated heterocycles. The van der Waals surface area contributed by atoms with E-state index in [4.69, 9.17) is 5.11 Å². The van der Waals surface area contributed by atoms with E-state index in [0.29, 0.717) is 11.3 Å². The molecule has 1 aromatic heterocycles. The van der Waals surface area contributed by atoms with E-state index in [1.807, 2.05) is 26.0 Å². The zero-order chi connectivity index (χ0) is 15.2. The number of hydrogen-bond acceptors (Lipinski definition) is 3. The van der Waals surface area contributed by atoms with Gasteiger partial charge in [0.15, 0.2) is 0 Å². The van der Waals surface area contributed by atoms with Gasteiger partial charge in [-0.25, -0.2) is 0 Å². The summed E-state index contributed by atoms with van der Waals surface area (Å²) in [5, 5.41) is 11.5. The quantitative estimate of drug-likeness (QED) is 0.830. The van der Waals surface area contributed by atoms with Crippen molar-refractivity contribution >= 4 is 11.6 Å². The number of benzene rings is 1. The van der Waals surface area contributed by atoms with Gasteiger partial charge in [0, 0.05) is 16.8 Å². The Hall–Kier alpha value is -2.64. The van der Waals surface area contributed by atoms with E-state index < -0.39 is 0 Å². The summed E-state index contributed by atoms with van der Waals surface area (Å²) >= 11 is 0. The maximum Gasteiger partial charge on any atom is 0.255 e. The number of carbonyl (C=O) groups excluding carboxylic acids is 1. The lowest BCUT2D eigenvalue weighted by Gasteiger charge is -2.07. The van der Waals surface area contributed by atoms with Crippen molar-refractivity contribution in [3.8, 4) is 11.8 Å². The van der Waals surface area contributed by atoms with E-state index in [9.17, 15) is 4.79 Å². The fourth-order valence-electron chi connectivity index (χ4n) is 1.82. The fraction of sp³-hybridized carbons (Fsp3) is 0.176. The van der Waals surface area contributed by atoms with Gasteiger partial charge < -0.3 is 10.4 Å². The number of aryl methyl sites for hydroxylation is 2. The molecule has 4 heteroatoms. The average Bonchev–Trinajstić information content (AvgIpc) is 2.48. The molecule has 0 saturated carbocycles. The first-order valence-corrected chi connectivity index (χ1v) is 6.54. The number of aromatic nitrogens is 1. The summed E-state index contributed by atoms with van der Waals surface area (Å²) < 4.78 is 0. The summed E-state index contributed by atoms with van der Waals surface area (Å²) in [6, 6.07) is 8.92. The second-order valence-electron chi connectivity index (χ2n) is 4.63. The number of carbonyl (C=O) groups is 1. The Labute approximate surface area is 123 Å². The molecule has 1 aromatic carbocycles. The second-order valence-corrected chi connectivity index (χ2v) is 4.63. The Bertz CT molecular complexity index is 710. The van der Waals surface area contributed by atoms with Gasteiger partial charge >= 0.3 is 0 Å². The molecular weight excluding hydrogens is 264 g/mol. The Morgan fingerprint density at radius 3 is 2.71 bits per heavy atom. The van der Waals surface area contributed by atoms with Crippen LogP contribution in [0.1, 0.15) is 27.2 Å². The number of nitrogens with zero attached hydrogens (tertiary/aromatic N) is 1. The molecule has 0 aliphatic carbocycles. The molecule has 0 fully saturated rings. The average molecular weight is 280 g/mol. The van der Waals surface area contributed by atoms with Crippen LogP contribution >= 0.6 is 0 Å². The van der Waals surface area contributed by atoms with E-state index in [0.717, 1.165) is 16.8 Å². The summed E-state index contributed by atoms with van der Waals surface area (Å²) in [6.45, 7) is 3.59. The first-order chi connectivity index (χ1) is 10.1. The molecule has 0 spiro atoms. The lowest BCUT2D eigenvalue weighted by molar-refractivity contribution is 0.102. The molecule has 0 aliphatic heterocycles. The van der Waals surface area contributed by atoms with Crippen LogP contribution in [0.25, 0.3) is 0 Å². The van der Waals surface area contributed by atoms with Gasteiger partial charge in [-0.05, 0) is 49.7 Å². The molecule has 4 nitrogen and oxygen atoms in total. The van der Waals surface area contributed by atoms with Gasteiger partial charge in [-0.15, -0.1) is 0 Å². The number of aliphatic hydroxyl groups excluding tert-OH is 1. The summed E-state index contributed by atoms with van der Waals surface area (Å²) in [6.07, 6.45) is 1.63. The minimum absolute atomic E-state index is 0.178. The van der Waals surface area contributed by atoms with Crippen LogP contribution in [0.5, 0.6) is 0 Å². The van der Waals surface area contributed by atoms with Crippen LogP contribution in [0, 0.1) is 25.7 Å². The van der Waals surface area contributed by atoms with Crippen molar-refractivity contribution in [1.29, 1.82) is 0 Å². The van der Waals surface area contributed by atoms with Gasteiger partial charge in [-0.1, -0.05) is 11.8 Å². The fourth-order valence-corrected chi connectivity index (χ4v) is 1.82. The van der Waals surface area contributed by atoms with Crippen LogP contribution < -0.4 is 5.32 Å². The number of aliphatic hydroxyl groups is 1. The molecule has 21 heavy (non-hydrogen) atoms. The Balaban J connectivity index is 2.16. The highest BCUT2D eigenvalue weighted by molar-refractivity contribution is 6.04. The van der Waals surface area contributed by atoms with Crippen LogP contribution in [0.3, 0.4) is 0 Å². The molecule has 0 unspecified atom stereocenters. The predicted molar refractivity (Wildman–Crippen MR) is 82.1 cm³/mol. The van der Waals surface area contributed by atoms with Crippen LogP contribution in [-0.4, -0.2) is 22.6 Å². The molecular formula is C17H16N2O2. The normalized spacial score (nSPS) is 9.67. The highest BCUT2D eigenvalue weighted by Crippen LogP contribution is 2.13. The summed E-state index contributed by atoms with van der Waals surface area (Å²) in [4.78, 5) is 16.3. The summed E-state index contributed by atoms with van der Waals surface area (Å²) in [7, 11) is 0. The van der Waals surface area contributed by atoms with Crippen LogP contribution in [0.15, 0.2) is 36.5 Å². The third-order valence-electron chi connectivity index (χ3n) is 2.96. The van der Waals surface area contributed by atoms with E-state index in [1.54, 1.807) is 24.4 Å². The smallest absolute Gasteiger partial charge is 0.255 e. The van der Waals surface area contributed by atoms with E-state index >= 15 is 0 Å². The largest absolute Gasteiger partial charge is 0.384 e. The van der Waals surface area contributed by atoms with Gasteiger partial charge in [0.1, 0.15) is 6.61 Å². The van der Waals surface area contributed by atoms with Crippen LogP contribution in [0.2, 0.25) is 0 Å². The van der Waals surface area contributed by atoms with Gasteiger partial charge in [0.2, 0.25) is 0 Å². The van der Waals surface area contributed by atoms with Crippen molar-refractivity contribution in [3.05, 3.63) is 58.9 Å². The number of amides is 1. The molecule has 2 rings (SSSR count). The molecule has 0 atom stereocenters. The maximum atomic E-state index is 12.2. The van der Waals surface area contributed by atoms with Crippen LogP contribution in [-0.2, 0) is 0 Å². The summed E-state index contributed by atoms with van der Waals surface area (Å²) in [5.74, 6) is 5.25. The molecule has 106 valence electrons. The second kappa shape index (κ2) is 6.69. The SMILES string of the molecule is Cc1ccc(NC(=O)c2ccc(C#CCO)c(C)c2)cn1. The Morgan fingerprint density at radius 1 is 1.29 bits per heavy atom. The monoisotopic (exact) mass is 280 g/mol. The van der Waals surface area contributed by atoms with E-state index in [2.05, 4.69) is 22.1 Å². The van der Waals surface area contributed by atoms with Crippen molar-refractivity contribution in [2.45, 2.75) is 13.8 Å². The highest BCUT2D eigenvalue weighted by Gasteiger charge is 2.07. The maximum absolute atomic E-state index is 12.2. The number of hydrogen-bond donors (Lipinski definition) is 2. The molecule has 1 heterocycles. The van der Waals surface area contributed by atoms with E-state index in [1.165, 1.54) is 0 Å². The molecule has 0 bridgehead atoms. The molecule has 2 N–H and O–H groups in total. The topological polar surface area (TPSA) is 62.2 Å². The zero-order valence-corrected chi connectivity index (χ0v) is 12.0. The number of pyridine rings is 1. The summed E-state index contributed by atoms with van der Waals surface area (Å²) in [5.41, 5.74) is 3.81. The van der Waals surface area contributed by atoms with Crippen molar-refractivity contribution in [1.82, 2.24) is 4.98 Å². The minimum Gasteiger partial charge on any atom is -0.384 e. The standard InChI is InChI=1S/C17H16N2O2/c1-12-10-15(7-6-14(12)4-3-9-20)17(21)19-16-8-5-13(2)18-11-16/h5-8,10-11,20H,9H2,1-2H3,(H,19,21). The van der Waals surface area contributed by atoms with Crippen molar-refractivity contribution in [2.75, 3.05) is 11.9 Å². The third-order valence-corrected chi connectivity index (χ3v) is 2.96. The van der Waals surface area contributed by atoms with Gasteiger partial charge in [0.05, 0.1) is 11.9 Å². The van der Waals surface area contributed by atoms with Crippen molar-refractivity contribution in [3.63, 3.8) is 0 Å². The Morgan fingerprint density at radius 2 is 2.10 bits per heavy atom. The molecule has 0 radical (unpaired) electrons. The van der Waals surface area contributed by atoms with Crippen molar-refractivity contribution in [2.24, 2.45) is 0 Å².